The highest BCUT2D eigenvalue weighted by atomic mass is 79.9. The summed E-state index contributed by atoms with van der Waals surface area (Å²) in [5, 5.41) is 12.5. The Morgan fingerprint density at radius 1 is 1.45 bits per heavy atom. The molecule has 1 fully saturated rings. The van der Waals surface area contributed by atoms with Crippen LogP contribution in [0.2, 0.25) is 0 Å². The highest BCUT2D eigenvalue weighted by Crippen LogP contribution is 2.24. The van der Waals surface area contributed by atoms with Crippen molar-refractivity contribution in [2.45, 2.75) is 51.7 Å². The molecule has 1 aromatic heterocycles. The van der Waals surface area contributed by atoms with E-state index in [2.05, 4.69) is 35.1 Å². The lowest BCUT2D eigenvalue weighted by molar-refractivity contribution is 0.0901. The van der Waals surface area contributed by atoms with Crippen LogP contribution in [0.4, 0.5) is 0 Å². The predicted molar refractivity (Wildman–Crippen MR) is 82.8 cm³/mol. The molecule has 1 saturated carbocycles. The summed E-state index contributed by atoms with van der Waals surface area (Å²) in [4.78, 5) is 12.3. The molecule has 1 amide bonds. The van der Waals surface area contributed by atoms with Gasteiger partial charge in [-0.1, -0.05) is 0 Å². The van der Waals surface area contributed by atoms with Crippen molar-refractivity contribution in [2.24, 2.45) is 5.92 Å². The topological polar surface area (TPSA) is 54.3 Å². The van der Waals surface area contributed by atoms with Crippen molar-refractivity contribution in [1.29, 1.82) is 0 Å². The fourth-order valence-corrected chi connectivity index (χ4v) is 3.17. The zero-order valence-electron chi connectivity index (χ0n) is 12.1. The maximum atomic E-state index is 12.3. The minimum absolute atomic E-state index is 0.0180. The summed E-state index contributed by atoms with van der Waals surface area (Å²) in [6, 6.07) is 2.12. The van der Waals surface area contributed by atoms with Crippen molar-refractivity contribution in [3.8, 4) is 0 Å². The van der Waals surface area contributed by atoms with Crippen molar-refractivity contribution in [2.75, 3.05) is 6.54 Å². The highest BCUT2D eigenvalue weighted by Gasteiger charge is 2.21. The first-order valence-corrected chi connectivity index (χ1v) is 8.10. The van der Waals surface area contributed by atoms with E-state index in [-0.39, 0.29) is 18.1 Å². The normalized spacial score (nSPS) is 23.1. The molecule has 0 saturated heterocycles. The summed E-state index contributed by atoms with van der Waals surface area (Å²) in [5.74, 6) is 0.476. The first-order chi connectivity index (χ1) is 9.47. The summed E-state index contributed by atoms with van der Waals surface area (Å²) in [5.41, 5.74) is 0.697. The van der Waals surface area contributed by atoms with Crippen LogP contribution in [0.15, 0.2) is 16.7 Å². The molecule has 1 aromatic rings. The van der Waals surface area contributed by atoms with Crippen molar-refractivity contribution in [3.05, 3.63) is 22.4 Å². The van der Waals surface area contributed by atoms with Gasteiger partial charge in [-0.15, -0.1) is 0 Å². The van der Waals surface area contributed by atoms with Crippen LogP contribution in [0.3, 0.4) is 0 Å². The number of nitrogens with one attached hydrogen (secondary N) is 1. The molecule has 0 radical (unpaired) electrons. The fraction of sp³-hybridized carbons (Fsp3) is 0.667. The van der Waals surface area contributed by atoms with Crippen LogP contribution >= 0.6 is 15.9 Å². The second-order valence-electron chi connectivity index (χ2n) is 5.93. The van der Waals surface area contributed by atoms with E-state index < -0.39 is 0 Å². The second-order valence-corrected chi connectivity index (χ2v) is 6.84. The molecule has 0 aromatic carbocycles. The van der Waals surface area contributed by atoms with Gasteiger partial charge in [-0.25, -0.2) is 0 Å². The molecule has 0 aliphatic heterocycles. The van der Waals surface area contributed by atoms with E-state index in [0.717, 1.165) is 30.2 Å². The summed E-state index contributed by atoms with van der Waals surface area (Å²) in [6.07, 6.45) is 5.50. The van der Waals surface area contributed by atoms with Crippen LogP contribution in [-0.2, 0) is 0 Å². The van der Waals surface area contributed by atoms with Crippen molar-refractivity contribution in [3.63, 3.8) is 0 Å². The van der Waals surface area contributed by atoms with Crippen LogP contribution in [-0.4, -0.2) is 28.2 Å². The zero-order chi connectivity index (χ0) is 14.7. The van der Waals surface area contributed by atoms with E-state index in [1.54, 1.807) is 0 Å². The number of hydrogen-bond acceptors (Lipinski definition) is 2. The third-order valence-corrected chi connectivity index (χ3v) is 4.41. The van der Waals surface area contributed by atoms with Gasteiger partial charge in [0.25, 0.3) is 5.91 Å². The molecule has 5 heteroatoms. The van der Waals surface area contributed by atoms with Gasteiger partial charge < -0.3 is 15.0 Å². The molecule has 1 aliphatic carbocycles. The molecule has 0 bridgehead atoms. The standard InChI is InChI=1S/C15H23BrN2O2/c1-10(2)18-9-12(16)7-14(18)15(20)17-8-11-3-5-13(19)6-4-11/h7,9-11,13,19H,3-6,8H2,1-2H3,(H,17,20). The molecule has 4 nitrogen and oxygen atoms in total. The third-order valence-electron chi connectivity index (χ3n) is 3.97. The summed E-state index contributed by atoms with van der Waals surface area (Å²) < 4.78 is 2.90. The minimum atomic E-state index is -0.143. The lowest BCUT2D eigenvalue weighted by atomic mass is 9.87. The minimum Gasteiger partial charge on any atom is -0.393 e. The Morgan fingerprint density at radius 2 is 2.10 bits per heavy atom. The third kappa shape index (κ3) is 3.85. The Hall–Kier alpha value is -0.810. The lowest BCUT2D eigenvalue weighted by Gasteiger charge is -2.25. The van der Waals surface area contributed by atoms with Gasteiger partial charge in [0.05, 0.1) is 6.10 Å². The Balaban J connectivity index is 1.92. The molecule has 1 aliphatic rings. The molecule has 2 N–H and O–H groups in total. The zero-order valence-corrected chi connectivity index (χ0v) is 13.7. The molecule has 20 heavy (non-hydrogen) atoms. The molecule has 0 atom stereocenters. The number of hydrogen-bond donors (Lipinski definition) is 2. The monoisotopic (exact) mass is 342 g/mol. The van der Waals surface area contributed by atoms with Gasteiger partial charge in [0.2, 0.25) is 0 Å². The lowest BCUT2D eigenvalue weighted by Crippen LogP contribution is -2.33. The van der Waals surface area contributed by atoms with Crippen LogP contribution in [0.25, 0.3) is 0 Å². The van der Waals surface area contributed by atoms with Crippen LogP contribution in [0, 0.1) is 5.92 Å². The van der Waals surface area contributed by atoms with Gasteiger partial charge in [0.15, 0.2) is 0 Å². The van der Waals surface area contributed by atoms with E-state index >= 15 is 0 Å². The van der Waals surface area contributed by atoms with Crippen LogP contribution in [0.1, 0.15) is 56.1 Å². The molecule has 0 unspecified atom stereocenters. The average molecular weight is 343 g/mol. The Kier molecular flexibility index (Phi) is 5.27. The highest BCUT2D eigenvalue weighted by molar-refractivity contribution is 9.10. The van der Waals surface area contributed by atoms with Gasteiger partial charge in [-0.2, -0.15) is 0 Å². The molecular weight excluding hydrogens is 320 g/mol. The molecule has 112 valence electrons. The summed E-state index contributed by atoms with van der Waals surface area (Å²) >= 11 is 3.43. The second kappa shape index (κ2) is 6.76. The van der Waals surface area contributed by atoms with E-state index in [4.69, 9.17) is 0 Å². The number of halogens is 1. The smallest absolute Gasteiger partial charge is 0.267 e. The Bertz CT molecular complexity index is 462. The van der Waals surface area contributed by atoms with Crippen LogP contribution < -0.4 is 5.32 Å². The van der Waals surface area contributed by atoms with Crippen molar-refractivity contribution in [1.82, 2.24) is 9.88 Å². The quantitative estimate of drug-likeness (QED) is 0.883. The maximum Gasteiger partial charge on any atom is 0.267 e. The molecule has 0 spiro atoms. The van der Waals surface area contributed by atoms with E-state index in [1.807, 2.05) is 16.8 Å². The predicted octanol–water partition coefficient (Wildman–Crippen LogP) is 3.11. The molecular formula is C15H23BrN2O2. The number of aromatic nitrogens is 1. The van der Waals surface area contributed by atoms with Gasteiger partial charge in [-0.05, 0) is 67.4 Å². The number of amides is 1. The SMILES string of the molecule is CC(C)n1cc(Br)cc1C(=O)NCC1CCC(O)CC1. The maximum absolute atomic E-state index is 12.3. The van der Waals surface area contributed by atoms with Crippen LogP contribution in [0.5, 0.6) is 0 Å². The van der Waals surface area contributed by atoms with Crippen molar-refractivity contribution < 1.29 is 9.90 Å². The molecule has 2 rings (SSSR count). The van der Waals surface area contributed by atoms with E-state index in [0.29, 0.717) is 18.2 Å². The first kappa shape index (κ1) is 15.6. The summed E-state index contributed by atoms with van der Waals surface area (Å²) in [7, 11) is 0. The largest absolute Gasteiger partial charge is 0.393 e. The first-order valence-electron chi connectivity index (χ1n) is 7.31. The van der Waals surface area contributed by atoms with Gasteiger partial charge in [0.1, 0.15) is 5.69 Å². The van der Waals surface area contributed by atoms with Crippen molar-refractivity contribution >= 4 is 21.8 Å². The van der Waals surface area contributed by atoms with Gasteiger partial charge >= 0.3 is 0 Å². The Labute approximate surface area is 128 Å². The van der Waals surface area contributed by atoms with Gasteiger partial charge in [-0.3, -0.25) is 4.79 Å². The van der Waals surface area contributed by atoms with E-state index in [9.17, 15) is 9.90 Å². The number of rotatable bonds is 4. The van der Waals surface area contributed by atoms with Gasteiger partial charge in [0, 0.05) is 23.3 Å². The van der Waals surface area contributed by atoms with E-state index in [1.165, 1.54) is 0 Å². The fourth-order valence-electron chi connectivity index (χ4n) is 2.73. The molecule has 1 heterocycles. The number of carbonyl (C=O) groups excluding carboxylic acids is 1. The Morgan fingerprint density at radius 3 is 2.70 bits per heavy atom. The number of carbonyl (C=O) groups is 1. The number of nitrogens with zero attached hydrogens (tertiary/aromatic N) is 1. The summed E-state index contributed by atoms with van der Waals surface area (Å²) in [6.45, 7) is 4.82. The number of aliphatic hydroxyl groups excluding tert-OH is 1. The average Bonchev–Trinajstić information content (AvgIpc) is 2.80. The number of aliphatic hydroxyl groups is 1.